The largest absolute Gasteiger partial charge is 0.493 e. The fraction of sp³-hybridized carbons (Fsp3) is 0.167. The molecule has 1 N–H and O–H groups in total. The van der Waals surface area contributed by atoms with Gasteiger partial charge in [-0.25, -0.2) is 5.10 Å². The quantitative estimate of drug-likeness (QED) is 0.870. The van der Waals surface area contributed by atoms with Crippen LogP contribution in [0.25, 0.3) is 11.1 Å². The average molecular weight is 232 g/mol. The Labute approximate surface area is 98.0 Å². The molecule has 0 amide bonds. The van der Waals surface area contributed by atoms with E-state index < -0.39 is 0 Å². The van der Waals surface area contributed by atoms with Crippen molar-refractivity contribution < 1.29 is 9.47 Å². The van der Waals surface area contributed by atoms with Crippen molar-refractivity contribution >= 4 is 0 Å². The van der Waals surface area contributed by atoms with Crippen LogP contribution in [0.5, 0.6) is 11.5 Å². The number of aromatic amines is 1. The molecule has 0 saturated carbocycles. The Bertz CT molecular complexity index is 578. The van der Waals surface area contributed by atoms with Gasteiger partial charge >= 0.3 is 0 Å². The van der Waals surface area contributed by atoms with Crippen LogP contribution in [0.2, 0.25) is 0 Å². The van der Waals surface area contributed by atoms with Crippen LogP contribution in [-0.2, 0) is 0 Å². The molecular formula is C12H12N2O3. The van der Waals surface area contributed by atoms with Crippen LogP contribution in [0.4, 0.5) is 0 Å². The van der Waals surface area contributed by atoms with Gasteiger partial charge < -0.3 is 9.47 Å². The second-order valence-electron chi connectivity index (χ2n) is 3.40. The molecule has 0 saturated heterocycles. The van der Waals surface area contributed by atoms with Crippen LogP contribution in [0, 0.1) is 0 Å². The van der Waals surface area contributed by atoms with Gasteiger partial charge in [-0.3, -0.25) is 4.79 Å². The molecule has 88 valence electrons. The van der Waals surface area contributed by atoms with Crippen molar-refractivity contribution in [2.24, 2.45) is 0 Å². The van der Waals surface area contributed by atoms with Crippen molar-refractivity contribution in [1.82, 2.24) is 10.2 Å². The Morgan fingerprint density at radius 1 is 1.06 bits per heavy atom. The van der Waals surface area contributed by atoms with E-state index in [9.17, 15) is 4.79 Å². The number of ether oxygens (including phenoxy) is 2. The lowest BCUT2D eigenvalue weighted by Crippen LogP contribution is -2.05. The predicted molar refractivity (Wildman–Crippen MR) is 63.4 cm³/mol. The summed E-state index contributed by atoms with van der Waals surface area (Å²) in [5.74, 6) is 1.26. The summed E-state index contributed by atoms with van der Waals surface area (Å²) in [6, 6.07) is 6.91. The number of nitrogens with one attached hydrogen (secondary N) is 1. The first-order valence-electron chi connectivity index (χ1n) is 5.01. The molecule has 5 heteroatoms. The smallest absolute Gasteiger partial charge is 0.264 e. The third-order valence-corrected chi connectivity index (χ3v) is 2.38. The maximum absolute atomic E-state index is 11.2. The lowest BCUT2D eigenvalue weighted by molar-refractivity contribution is 0.355. The van der Waals surface area contributed by atoms with Gasteiger partial charge in [0.25, 0.3) is 5.56 Å². The van der Waals surface area contributed by atoms with E-state index in [1.54, 1.807) is 32.5 Å². The molecule has 0 spiro atoms. The van der Waals surface area contributed by atoms with Crippen LogP contribution in [-0.4, -0.2) is 24.4 Å². The van der Waals surface area contributed by atoms with Crippen molar-refractivity contribution in [3.05, 3.63) is 40.8 Å². The molecule has 0 bridgehead atoms. The fourth-order valence-corrected chi connectivity index (χ4v) is 1.55. The molecule has 0 aliphatic carbocycles. The summed E-state index contributed by atoms with van der Waals surface area (Å²) in [7, 11) is 3.14. The summed E-state index contributed by atoms with van der Waals surface area (Å²) in [4.78, 5) is 11.2. The first-order chi connectivity index (χ1) is 8.24. The molecule has 0 atom stereocenters. The first-order valence-corrected chi connectivity index (χ1v) is 5.01. The SMILES string of the molecule is COc1ccc(-c2cn[nH]c(=O)c2)cc1OC. The fourth-order valence-electron chi connectivity index (χ4n) is 1.55. The van der Waals surface area contributed by atoms with E-state index in [0.29, 0.717) is 11.5 Å². The van der Waals surface area contributed by atoms with Crippen molar-refractivity contribution in [3.8, 4) is 22.6 Å². The van der Waals surface area contributed by atoms with Gasteiger partial charge in [0.1, 0.15) is 0 Å². The van der Waals surface area contributed by atoms with Crippen LogP contribution in [0.15, 0.2) is 35.3 Å². The van der Waals surface area contributed by atoms with E-state index in [0.717, 1.165) is 11.1 Å². The number of nitrogens with zero attached hydrogens (tertiary/aromatic N) is 1. The highest BCUT2D eigenvalue weighted by atomic mass is 16.5. The van der Waals surface area contributed by atoms with Gasteiger partial charge in [-0.05, 0) is 17.7 Å². The van der Waals surface area contributed by atoms with Gasteiger partial charge in [-0.2, -0.15) is 5.10 Å². The Hall–Kier alpha value is -2.30. The summed E-state index contributed by atoms with van der Waals surface area (Å²) in [5.41, 5.74) is 1.34. The van der Waals surface area contributed by atoms with E-state index in [1.165, 1.54) is 6.07 Å². The molecule has 1 aromatic carbocycles. The standard InChI is InChI=1S/C12H12N2O3/c1-16-10-4-3-8(5-11(10)17-2)9-6-12(15)14-13-7-9/h3-7H,1-2H3,(H,14,15). The Morgan fingerprint density at radius 3 is 2.47 bits per heavy atom. The number of rotatable bonds is 3. The lowest BCUT2D eigenvalue weighted by Gasteiger charge is -2.09. The van der Waals surface area contributed by atoms with Gasteiger partial charge in [0, 0.05) is 11.6 Å². The van der Waals surface area contributed by atoms with Crippen LogP contribution < -0.4 is 15.0 Å². The number of aromatic nitrogens is 2. The molecule has 0 unspecified atom stereocenters. The predicted octanol–water partition coefficient (Wildman–Crippen LogP) is 1.45. The maximum atomic E-state index is 11.2. The number of methoxy groups -OCH3 is 2. The number of hydrogen-bond acceptors (Lipinski definition) is 4. The Kier molecular flexibility index (Phi) is 3.09. The van der Waals surface area contributed by atoms with Crippen molar-refractivity contribution in [3.63, 3.8) is 0 Å². The zero-order valence-corrected chi connectivity index (χ0v) is 9.56. The van der Waals surface area contributed by atoms with Gasteiger partial charge in [0.05, 0.1) is 20.4 Å². The number of hydrogen-bond donors (Lipinski definition) is 1. The zero-order valence-electron chi connectivity index (χ0n) is 9.56. The van der Waals surface area contributed by atoms with Gasteiger partial charge in [-0.15, -0.1) is 0 Å². The highest BCUT2D eigenvalue weighted by Crippen LogP contribution is 2.31. The summed E-state index contributed by atoms with van der Waals surface area (Å²) < 4.78 is 10.3. The van der Waals surface area contributed by atoms with E-state index in [4.69, 9.17) is 9.47 Å². The second kappa shape index (κ2) is 4.69. The minimum atomic E-state index is -0.239. The van der Waals surface area contributed by atoms with Crippen molar-refractivity contribution in [2.45, 2.75) is 0 Å². The van der Waals surface area contributed by atoms with Gasteiger partial charge in [-0.1, -0.05) is 6.07 Å². The molecule has 2 aromatic rings. The molecule has 0 radical (unpaired) electrons. The highest BCUT2D eigenvalue weighted by molar-refractivity contribution is 5.66. The molecule has 17 heavy (non-hydrogen) atoms. The molecule has 2 rings (SSSR count). The number of benzene rings is 1. The third-order valence-electron chi connectivity index (χ3n) is 2.38. The van der Waals surface area contributed by atoms with Crippen molar-refractivity contribution in [2.75, 3.05) is 14.2 Å². The van der Waals surface area contributed by atoms with E-state index in [-0.39, 0.29) is 5.56 Å². The lowest BCUT2D eigenvalue weighted by atomic mass is 10.1. The minimum absolute atomic E-state index is 0.239. The summed E-state index contributed by atoms with van der Waals surface area (Å²) >= 11 is 0. The molecule has 1 heterocycles. The third kappa shape index (κ3) is 2.28. The Morgan fingerprint density at radius 2 is 1.82 bits per heavy atom. The van der Waals surface area contributed by atoms with E-state index in [2.05, 4.69) is 10.2 Å². The van der Waals surface area contributed by atoms with Crippen LogP contribution in [0.1, 0.15) is 0 Å². The van der Waals surface area contributed by atoms with Crippen LogP contribution >= 0.6 is 0 Å². The molecular weight excluding hydrogens is 220 g/mol. The molecule has 5 nitrogen and oxygen atoms in total. The average Bonchev–Trinajstić information content (AvgIpc) is 2.38. The van der Waals surface area contributed by atoms with E-state index in [1.807, 2.05) is 6.07 Å². The monoisotopic (exact) mass is 232 g/mol. The molecule has 0 aliphatic rings. The maximum Gasteiger partial charge on any atom is 0.264 e. The van der Waals surface area contributed by atoms with Gasteiger partial charge in [0.15, 0.2) is 11.5 Å². The normalized spacial score (nSPS) is 10.0. The van der Waals surface area contributed by atoms with Crippen LogP contribution in [0.3, 0.4) is 0 Å². The molecule has 1 aromatic heterocycles. The molecule has 0 fully saturated rings. The van der Waals surface area contributed by atoms with Gasteiger partial charge in [0.2, 0.25) is 0 Å². The second-order valence-corrected chi connectivity index (χ2v) is 3.40. The Balaban J connectivity index is 2.50. The summed E-state index contributed by atoms with van der Waals surface area (Å²) in [6.07, 6.45) is 1.59. The topological polar surface area (TPSA) is 64.2 Å². The minimum Gasteiger partial charge on any atom is -0.493 e. The summed E-state index contributed by atoms with van der Waals surface area (Å²) in [5, 5.41) is 6.08. The molecule has 0 aliphatic heterocycles. The zero-order chi connectivity index (χ0) is 12.3. The van der Waals surface area contributed by atoms with Crippen molar-refractivity contribution in [1.29, 1.82) is 0 Å². The van der Waals surface area contributed by atoms with E-state index >= 15 is 0 Å². The summed E-state index contributed by atoms with van der Waals surface area (Å²) in [6.45, 7) is 0. The first kappa shape index (κ1) is 11.2. The number of H-pyrrole nitrogens is 1. The highest BCUT2D eigenvalue weighted by Gasteiger charge is 2.06.